The minimum atomic E-state index is 0.147. The Bertz CT molecular complexity index is 364. The van der Waals surface area contributed by atoms with Crippen molar-refractivity contribution in [2.45, 2.75) is 19.1 Å². The van der Waals surface area contributed by atoms with Crippen LogP contribution in [0.3, 0.4) is 0 Å². The molecule has 4 heteroatoms. The molecule has 1 aliphatic rings. The quantitative estimate of drug-likeness (QED) is 0.735. The molecule has 16 heavy (non-hydrogen) atoms. The van der Waals surface area contributed by atoms with Crippen LogP contribution >= 0.6 is 0 Å². The van der Waals surface area contributed by atoms with E-state index in [4.69, 9.17) is 18.9 Å². The summed E-state index contributed by atoms with van der Waals surface area (Å²) in [5.74, 6) is 1.95. The number of hydrogen-bond donors (Lipinski definition) is 0. The number of hydrogen-bond acceptors (Lipinski definition) is 4. The average Bonchev–Trinajstić information content (AvgIpc) is 3.04. The van der Waals surface area contributed by atoms with Crippen LogP contribution in [0, 0.1) is 0 Å². The summed E-state index contributed by atoms with van der Waals surface area (Å²) < 4.78 is 21.2. The van der Waals surface area contributed by atoms with Gasteiger partial charge in [0.05, 0.1) is 27.4 Å². The molecule has 1 aromatic rings. The van der Waals surface area contributed by atoms with E-state index in [0.29, 0.717) is 17.2 Å². The van der Waals surface area contributed by atoms with Crippen LogP contribution in [-0.2, 0) is 4.74 Å². The zero-order valence-corrected chi connectivity index (χ0v) is 9.94. The van der Waals surface area contributed by atoms with Crippen LogP contribution in [0.2, 0.25) is 0 Å². The van der Waals surface area contributed by atoms with Gasteiger partial charge in [-0.1, -0.05) is 0 Å². The predicted octanol–water partition coefficient (Wildman–Crippen LogP) is 2.17. The highest BCUT2D eigenvalue weighted by molar-refractivity contribution is 5.54. The molecule has 1 aromatic carbocycles. The van der Waals surface area contributed by atoms with E-state index in [1.165, 1.54) is 0 Å². The fourth-order valence-electron chi connectivity index (χ4n) is 1.80. The molecule has 0 N–H and O–H groups in total. The molecular weight excluding hydrogens is 208 g/mol. The number of epoxide rings is 1. The predicted molar refractivity (Wildman–Crippen MR) is 59.4 cm³/mol. The highest BCUT2D eigenvalue weighted by Gasteiger charge is 2.37. The van der Waals surface area contributed by atoms with Crippen molar-refractivity contribution >= 4 is 0 Å². The monoisotopic (exact) mass is 224 g/mol. The third-order valence-corrected chi connectivity index (χ3v) is 2.73. The number of ether oxygens (including phenoxy) is 4. The van der Waals surface area contributed by atoms with Crippen molar-refractivity contribution in [2.24, 2.45) is 0 Å². The van der Waals surface area contributed by atoms with Gasteiger partial charge in [-0.25, -0.2) is 0 Å². The second-order valence-electron chi connectivity index (χ2n) is 3.72. The molecule has 88 valence electrons. The summed E-state index contributed by atoms with van der Waals surface area (Å²) in [4.78, 5) is 0. The first kappa shape index (κ1) is 11.1. The lowest BCUT2D eigenvalue weighted by atomic mass is 10.1. The fourth-order valence-corrected chi connectivity index (χ4v) is 1.80. The summed E-state index contributed by atoms with van der Waals surface area (Å²) in [6, 6.07) is 3.85. The maximum Gasteiger partial charge on any atom is 0.203 e. The normalized spacial score (nSPS) is 22.8. The molecule has 1 heterocycles. The summed E-state index contributed by atoms with van der Waals surface area (Å²) in [7, 11) is 4.81. The standard InChI is InChI=1S/C12H16O4/c1-7-11(16-7)8-5-9(13-2)12(15-4)10(6-8)14-3/h5-7,11H,1-4H3. The van der Waals surface area contributed by atoms with Crippen LogP contribution in [-0.4, -0.2) is 27.4 Å². The molecule has 0 aromatic heterocycles. The van der Waals surface area contributed by atoms with Crippen molar-refractivity contribution in [1.82, 2.24) is 0 Å². The zero-order chi connectivity index (χ0) is 11.7. The molecule has 1 aliphatic heterocycles. The van der Waals surface area contributed by atoms with Crippen molar-refractivity contribution in [3.8, 4) is 17.2 Å². The smallest absolute Gasteiger partial charge is 0.203 e. The lowest BCUT2D eigenvalue weighted by Gasteiger charge is -2.13. The van der Waals surface area contributed by atoms with E-state index < -0.39 is 0 Å². The highest BCUT2D eigenvalue weighted by atomic mass is 16.6. The summed E-state index contributed by atoms with van der Waals surface area (Å²) in [6.45, 7) is 2.04. The van der Waals surface area contributed by atoms with Gasteiger partial charge in [0.15, 0.2) is 11.5 Å². The Labute approximate surface area is 95.1 Å². The van der Waals surface area contributed by atoms with Gasteiger partial charge in [0, 0.05) is 0 Å². The Morgan fingerprint density at radius 3 is 1.81 bits per heavy atom. The van der Waals surface area contributed by atoms with E-state index in [0.717, 1.165) is 5.56 Å². The van der Waals surface area contributed by atoms with E-state index >= 15 is 0 Å². The minimum Gasteiger partial charge on any atom is -0.493 e. The fraction of sp³-hybridized carbons (Fsp3) is 0.500. The molecule has 4 nitrogen and oxygen atoms in total. The van der Waals surface area contributed by atoms with Gasteiger partial charge < -0.3 is 18.9 Å². The first-order chi connectivity index (χ1) is 7.71. The second kappa shape index (κ2) is 4.22. The van der Waals surface area contributed by atoms with Crippen LogP contribution in [0.1, 0.15) is 18.6 Å². The Morgan fingerprint density at radius 1 is 1.00 bits per heavy atom. The van der Waals surface area contributed by atoms with Crippen LogP contribution in [0.4, 0.5) is 0 Å². The van der Waals surface area contributed by atoms with E-state index in [-0.39, 0.29) is 12.2 Å². The van der Waals surface area contributed by atoms with Gasteiger partial charge in [-0.2, -0.15) is 0 Å². The SMILES string of the molecule is COc1cc(C2OC2C)cc(OC)c1OC. The second-order valence-corrected chi connectivity index (χ2v) is 3.72. The summed E-state index contributed by atoms with van der Waals surface area (Å²) in [5, 5.41) is 0. The van der Waals surface area contributed by atoms with Crippen molar-refractivity contribution < 1.29 is 18.9 Å². The Kier molecular flexibility index (Phi) is 2.92. The molecule has 2 atom stereocenters. The number of benzene rings is 1. The van der Waals surface area contributed by atoms with Gasteiger partial charge in [0.25, 0.3) is 0 Å². The zero-order valence-electron chi connectivity index (χ0n) is 9.94. The van der Waals surface area contributed by atoms with Crippen molar-refractivity contribution in [3.05, 3.63) is 17.7 Å². The Balaban J connectivity index is 2.42. The van der Waals surface area contributed by atoms with Gasteiger partial charge in [0.1, 0.15) is 6.10 Å². The molecule has 2 rings (SSSR count). The summed E-state index contributed by atoms with van der Waals surface area (Å²) in [5.41, 5.74) is 1.06. The van der Waals surface area contributed by atoms with Crippen molar-refractivity contribution in [1.29, 1.82) is 0 Å². The first-order valence-electron chi connectivity index (χ1n) is 5.16. The molecule has 0 spiro atoms. The summed E-state index contributed by atoms with van der Waals surface area (Å²) >= 11 is 0. The van der Waals surface area contributed by atoms with E-state index in [1.807, 2.05) is 19.1 Å². The lowest BCUT2D eigenvalue weighted by Crippen LogP contribution is -1.97. The van der Waals surface area contributed by atoms with E-state index in [9.17, 15) is 0 Å². The molecule has 0 bridgehead atoms. The van der Waals surface area contributed by atoms with Crippen LogP contribution in [0.5, 0.6) is 17.2 Å². The van der Waals surface area contributed by atoms with Crippen molar-refractivity contribution in [3.63, 3.8) is 0 Å². The summed E-state index contributed by atoms with van der Waals surface area (Å²) in [6.07, 6.45) is 0.413. The Hall–Kier alpha value is -1.42. The average molecular weight is 224 g/mol. The lowest BCUT2D eigenvalue weighted by molar-refractivity contribution is 0.322. The van der Waals surface area contributed by atoms with Crippen molar-refractivity contribution in [2.75, 3.05) is 21.3 Å². The van der Waals surface area contributed by atoms with Crippen LogP contribution in [0.25, 0.3) is 0 Å². The molecular formula is C12H16O4. The third-order valence-electron chi connectivity index (χ3n) is 2.73. The molecule has 0 radical (unpaired) electrons. The van der Waals surface area contributed by atoms with Gasteiger partial charge in [-0.15, -0.1) is 0 Å². The topological polar surface area (TPSA) is 40.2 Å². The maximum atomic E-state index is 5.42. The van der Waals surface area contributed by atoms with E-state index in [1.54, 1.807) is 21.3 Å². The van der Waals surface area contributed by atoms with E-state index in [2.05, 4.69) is 0 Å². The van der Waals surface area contributed by atoms with Gasteiger partial charge in [-0.05, 0) is 24.6 Å². The maximum absolute atomic E-state index is 5.42. The largest absolute Gasteiger partial charge is 0.493 e. The highest BCUT2D eigenvalue weighted by Crippen LogP contribution is 2.45. The molecule has 0 amide bonds. The first-order valence-corrected chi connectivity index (χ1v) is 5.16. The molecule has 0 aliphatic carbocycles. The van der Waals surface area contributed by atoms with Gasteiger partial charge >= 0.3 is 0 Å². The molecule has 1 fully saturated rings. The molecule has 0 saturated carbocycles. The Morgan fingerprint density at radius 2 is 1.50 bits per heavy atom. The number of methoxy groups -OCH3 is 3. The van der Waals surface area contributed by atoms with Gasteiger partial charge in [0.2, 0.25) is 5.75 Å². The van der Waals surface area contributed by atoms with Gasteiger partial charge in [-0.3, -0.25) is 0 Å². The third kappa shape index (κ3) is 1.80. The minimum absolute atomic E-state index is 0.147. The molecule has 2 unspecified atom stereocenters. The number of rotatable bonds is 4. The van der Waals surface area contributed by atoms with Crippen LogP contribution < -0.4 is 14.2 Å². The van der Waals surface area contributed by atoms with Crippen LogP contribution in [0.15, 0.2) is 12.1 Å². The molecule has 1 saturated heterocycles.